The number of nitrogens with zero attached hydrogens (tertiary/aromatic N) is 1. The number of hydrogen-bond acceptors (Lipinski definition) is 4. The Balaban J connectivity index is 0.000000671. The smallest absolute Gasteiger partial charge is 0.184 e. The van der Waals surface area contributed by atoms with Gasteiger partial charge in [0, 0.05) is 0 Å². The molecule has 0 spiro atoms. The Morgan fingerprint density at radius 2 is 2.08 bits per heavy atom. The lowest BCUT2D eigenvalue weighted by Crippen LogP contribution is -1.81. The third-order valence-electron chi connectivity index (χ3n) is 1.13. The van der Waals surface area contributed by atoms with Crippen molar-refractivity contribution in [2.75, 3.05) is 0 Å². The lowest BCUT2D eigenvalue weighted by molar-refractivity contribution is 0.432. The molecule has 1 aromatic rings. The van der Waals surface area contributed by atoms with E-state index in [1.807, 2.05) is 13.8 Å². The minimum atomic E-state index is -0.202. The maximum Gasteiger partial charge on any atom is 0.184 e. The highest BCUT2D eigenvalue weighted by Crippen LogP contribution is 2.26. The van der Waals surface area contributed by atoms with Gasteiger partial charge in [0.1, 0.15) is 6.26 Å². The Kier molecular flexibility index (Phi) is 5.50. The first-order chi connectivity index (χ1) is 6.15. The molecule has 1 rings (SSSR count). The van der Waals surface area contributed by atoms with E-state index in [-0.39, 0.29) is 5.76 Å². The Bertz CT molecular complexity index is 296. The fourth-order valence-corrected chi connectivity index (χ4v) is 1.72. The molecule has 0 amide bonds. The predicted octanol–water partition coefficient (Wildman–Crippen LogP) is 3.55. The molecular weight excluding hydrogens is 210 g/mol. The Labute approximate surface area is 86.3 Å². The highest BCUT2D eigenvalue weighted by Gasteiger charge is 2.09. The predicted molar refractivity (Wildman–Crippen MR) is 56.4 cm³/mol. The minimum absolute atomic E-state index is 0.202. The van der Waals surface area contributed by atoms with Gasteiger partial charge in [-0.25, -0.2) is 4.98 Å². The lowest BCUT2D eigenvalue weighted by atomic mass is 10.3. The number of aliphatic hydroxyl groups is 2. The van der Waals surface area contributed by atoms with E-state index in [1.54, 1.807) is 6.92 Å². The molecule has 0 atom stereocenters. The van der Waals surface area contributed by atoms with Crippen LogP contribution in [-0.2, 0) is 0 Å². The molecule has 74 valence electrons. The summed E-state index contributed by atoms with van der Waals surface area (Å²) >= 11 is 6.68. The quantitative estimate of drug-likeness (QED) is 0.714. The number of hydrogen-bond donors (Lipinski definition) is 2. The second-order valence-electron chi connectivity index (χ2n) is 1.90. The summed E-state index contributed by atoms with van der Waals surface area (Å²) < 4.78 is 0.353. The summed E-state index contributed by atoms with van der Waals surface area (Å²) in [5.41, 5.74) is 0.614. The first kappa shape index (κ1) is 12.3. The van der Waals surface area contributed by atoms with Crippen LogP contribution >= 0.6 is 22.9 Å². The van der Waals surface area contributed by atoms with Crippen molar-refractivity contribution in [3.8, 4) is 0 Å². The third-order valence-corrected chi connectivity index (χ3v) is 2.41. The Morgan fingerprint density at radius 3 is 2.38 bits per heavy atom. The molecule has 1 heterocycles. The fourth-order valence-electron chi connectivity index (χ4n) is 0.660. The van der Waals surface area contributed by atoms with Gasteiger partial charge in [-0.05, 0) is 6.92 Å². The average Bonchev–Trinajstić information content (AvgIpc) is 2.47. The van der Waals surface area contributed by atoms with E-state index in [0.29, 0.717) is 21.3 Å². The molecule has 2 N–H and O–H groups in total. The van der Waals surface area contributed by atoms with E-state index in [0.717, 1.165) is 11.3 Å². The van der Waals surface area contributed by atoms with Crippen molar-refractivity contribution in [3.05, 3.63) is 21.3 Å². The van der Waals surface area contributed by atoms with E-state index >= 15 is 0 Å². The topological polar surface area (TPSA) is 53.4 Å². The van der Waals surface area contributed by atoms with Crippen molar-refractivity contribution in [1.29, 1.82) is 0 Å². The number of thiazole rings is 1. The summed E-state index contributed by atoms with van der Waals surface area (Å²) in [5, 5.41) is 17.5. The zero-order valence-electron chi connectivity index (χ0n) is 7.71. The monoisotopic (exact) mass is 221 g/mol. The maximum absolute atomic E-state index is 9.05. The molecule has 5 heteroatoms. The molecule has 0 saturated carbocycles. The summed E-state index contributed by atoms with van der Waals surface area (Å²) in [4.78, 5) is 4.35. The summed E-state index contributed by atoms with van der Waals surface area (Å²) in [5.74, 6) is -0.202. The number of aryl methyl sites for hydroxylation is 1. The van der Waals surface area contributed by atoms with E-state index in [4.69, 9.17) is 21.8 Å². The first-order valence-corrected chi connectivity index (χ1v) is 5.01. The molecule has 0 aliphatic carbocycles. The largest absolute Gasteiger partial charge is 0.512 e. The molecule has 0 aliphatic heterocycles. The van der Waals surface area contributed by atoms with Crippen LogP contribution in [0.25, 0.3) is 5.76 Å². The summed E-state index contributed by atoms with van der Waals surface area (Å²) in [6.45, 7) is 5.71. The fraction of sp³-hybridized carbons (Fsp3) is 0.375. The molecule has 1 aromatic heterocycles. The van der Waals surface area contributed by atoms with Crippen molar-refractivity contribution in [2.24, 2.45) is 0 Å². The summed E-state index contributed by atoms with van der Waals surface area (Å²) in [7, 11) is 0. The van der Waals surface area contributed by atoms with Crippen LogP contribution in [0.1, 0.15) is 24.4 Å². The van der Waals surface area contributed by atoms with E-state index < -0.39 is 0 Å². The van der Waals surface area contributed by atoms with Crippen LogP contribution in [0.5, 0.6) is 0 Å². The van der Waals surface area contributed by atoms with Crippen molar-refractivity contribution in [3.63, 3.8) is 0 Å². The normalized spacial score (nSPS) is 10.6. The van der Waals surface area contributed by atoms with E-state index in [9.17, 15) is 0 Å². The second kappa shape index (κ2) is 5.83. The number of aliphatic hydroxyl groups excluding tert-OH is 2. The van der Waals surface area contributed by atoms with Gasteiger partial charge in [-0.15, -0.1) is 0 Å². The van der Waals surface area contributed by atoms with Gasteiger partial charge in [0.25, 0.3) is 0 Å². The number of aromatic nitrogens is 1. The van der Waals surface area contributed by atoms with Gasteiger partial charge in [-0.3, -0.25) is 0 Å². The molecular formula is C8H12ClNO2S. The zero-order chi connectivity index (χ0) is 10.4. The van der Waals surface area contributed by atoms with Crippen LogP contribution in [0.4, 0.5) is 0 Å². The van der Waals surface area contributed by atoms with Crippen molar-refractivity contribution in [2.45, 2.75) is 20.8 Å². The average molecular weight is 222 g/mol. The molecule has 0 unspecified atom stereocenters. The van der Waals surface area contributed by atoms with Gasteiger partial charge < -0.3 is 10.2 Å². The van der Waals surface area contributed by atoms with Crippen LogP contribution < -0.4 is 0 Å². The third kappa shape index (κ3) is 3.24. The molecule has 3 nitrogen and oxygen atoms in total. The van der Waals surface area contributed by atoms with Crippen LogP contribution in [0, 0.1) is 6.92 Å². The van der Waals surface area contributed by atoms with Crippen LogP contribution in [0.15, 0.2) is 6.26 Å². The Hall–Kier alpha value is -0.740. The molecule has 0 saturated heterocycles. The van der Waals surface area contributed by atoms with E-state index in [1.165, 1.54) is 0 Å². The standard InChI is InChI=1S/C6H6ClNO2S.C2H6/c1-3-5(4(10)2-9)11-6(7)8-3;1-2/h2,9-10H,1H3;1-2H3/b4-2+;. The van der Waals surface area contributed by atoms with Crippen molar-refractivity contribution in [1.82, 2.24) is 4.98 Å². The molecule has 0 radical (unpaired) electrons. The van der Waals surface area contributed by atoms with Gasteiger partial charge in [-0.2, -0.15) is 0 Å². The minimum Gasteiger partial charge on any atom is -0.512 e. The van der Waals surface area contributed by atoms with Gasteiger partial charge in [0.15, 0.2) is 10.2 Å². The zero-order valence-corrected chi connectivity index (χ0v) is 9.28. The highest BCUT2D eigenvalue weighted by atomic mass is 35.5. The summed E-state index contributed by atoms with van der Waals surface area (Å²) in [6, 6.07) is 0. The van der Waals surface area contributed by atoms with Gasteiger partial charge in [0.05, 0.1) is 10.6 Å². The van der Waals surface area contributed by atoms with Crippen LogP contribution in [-0.4, -0.2) is 15.2 Å². The van der Waals surface area contributed by atoms with Gasteiger partial charge >= 0.3 is 0 Å². The van der Waals surface area contributed by atoms with Crippen molar-refractivity contribution >= 4 is 28.7 Å². The van der Waals surface area contributed by atoms with Crippen LogP contribution in [0.3, 0.4) is 0 Å². The molecule has 0 aliphatic rings. The summed E-state index contributed by atoms with van der Waals surface area (Å²) in [6.07, 6.45) is 0.622. The molecule has 0 bridgehead atoms. The van der Waals surface area contributed by atoms with E-state index in [2.05, 4.69) is 4.98 Å². The Morgan fingerprint density at radius 1 is 1.54 bits per heavy atom. The molecule has 13 heavy (non-hydrogen) atoms. The van der Waals surface area contributed by atoms with Crippen molar-refractivity contribution < 1.29 is 10.2 Å². The SMILES string of the molecule is CC.Cc1nc(Cl)sc1/C(O)=C\O. The van der Waals surface area contributed by atoms with Gasteiger partial charge in [-0.1, -0.05) is 36.8 Å². The lowest BCUT2D eigenvalue weighted by Gasteiger charge is -1.91. The number of rotatable bonds is 1. The van der Waals surface area contributed by atoms with Crippen LogP contribution in [0.2, 0.25) is 4.47 Å². The first-order valence-electron chi connectivity index (χ1n) is 3.81. The number of halogens is 1. The molecule has 0 fully saturated rings. The maximum atomic E-state index is 9.05. The van der Waals surface area contributed by atoms with Gasteiger partial charge in [0.2, 0.25) is 0 Å². The molecule has 0 aromatic carbocycles. The second-order valence-corrected chi connectivity index (χ2v) is 3.48. The highest BCUT2D eigenvalue weighted by molar-refractivity contribution is 7.16.